The van der Waals surface area contributed by atoms with Crippen LogP contribution in [0.15, 0.2) is 18.3 Å². The standard InChI is InChI=1S/C11H9ClFN3/c12-10-2-1-9(6-16-10)5-11(7-14,8-15)3-4-13/h1-2,6H,3-5H2. The molecule has 0 spiro atoms. The number of alkyl halides is 1. The Hall–Kier alpha value is -1.65. The highest BCUT2D eigenvalue weighted by Gasteiger charge is 2.30. The van der Waals surface area contributed by atoms with Crippen molar-refractivity contribution in [3.8, 4) is 12.1 Å². The Balaban J connectivity index is 2.89. The van der Waals surface area contributed by atoms with Gasteiger partial charge in [-0.25, -0.2) is 4.98 Å². The van der Waals surface area contributed by atoms with Gasteiger partial charge in [0.25, 0.3) is 0 Å². The van der Waals surface area contributed by atoms with Gasteiger partial charge < -0.3 is 0 Å². The predicted molar refractivity (Wildman–Crippen MR) is 57.2 cm³/mol. The third-order valence-electron chi connectivity index (χ3n) is 2.24. The van der Waals surface area contributed by atoms with Crippen molar-refractivity contribution >= 4 is 11.6 Å². The van der Waals surface area contributed by atoms with Crippen molar-refractivity contribution in [1.29, 1.82) is 10.5 Å². The quantitative estimate of drug-likeness (QED) is 0.757. The van der Waals surface area contributed by atoms with Crippen molar-refractivity contribution in [2.75, 3.05) is 6.67 Å². The van der Waals surface area contributed by atoms with Gasteiger partial charge in [0, 0.05) is 19.0 Å². The second-order valence-electron chi connectivity index (χ2n) is 3.41. The van der Waals surface area contributed by atoms with E-state index in [1.54, 1.807) is 12.1 Å². The lowest BCUT2D eigenvalue weighted by Gasteiger charge is -2.16. The van der Waals surface area contributed by atoms with E-state index in [9.17, 15) is 4.39 Å². The molecule has 82 valence electrons. The number of pyridine rings is 1. The molecule has 0 radical (unpaired) electrons. The first kappa shape index (κ1) is 12.4. The Morgan fingerprint density at radius 3 is 2.50 bits per heavy atom. The van der Waals surface area contributed by atoms with Crippen LogP contribution in [-0.2, 0) is 6.42 Å². The molecule has 3 nitrogen and oxygen atoms in total. The molecule has 5 heteroatoms. The summed E-state index contributed by atoms with van der Waals surface area (Å²) in [4.78, 5) is 3.84. The fraction of sp³-hybridized carbons (Fsp3) is 0.364. The summed E-state index contributed by atoms with van der Waals surface area (Å²) in [5, 5.41) is 18.2. The largest absolute Gasteiger partial charge is 0.251 e. The van der Waals surface area contributed by atoms with Gasteiger partial charge in [-0.15, -0.1) is 0 Å². The molecule has 1 aromatic heterocycles. The molecule has 0 aliphatic carbocycles. The number of halogens is 2. The highest BCUT2D eigenvalue weighted by Crippen LogP contribution is 2.26. The van der Waals surface area contributed by atoms with Gasteiger partial charge in [-0.2, -0.15) is 10.5 Å². The van der Waals surface area contributed by atoms with Gasteiger partial charge in [0.05, 0.1) is 18.8 Å². The summed E-state index contributed by atoms with van der Waals surface area (Å²) in [6.45, 7) is -0.692. The lowest BCUT2D eigenvalue weighted by atomic mass is 9.82. The number of nitriles is 2. The van der Waals surface area contributed by atoms with Gasteiger partial charge in [0.2, 0.25) is 0 Å². The lowest BCUT2D eigenvalue weighted by molar-refractivity contribution is 0.374. The van der Waals surface area contributed by atoms with Gasteiger partial charge in [-0.1, -0.05) is 17.7 Å². The Morgan fingerprint density at radius 1 is 1.38 bits per heavy atom. The van der Waals surface area contributed by atoms with Crippen LogP contribution < -0.4 is 0 Å². The fourth-order valence-corrected chi connectivity index (χ4v) is 1.44. The van der Waals surface area contributed by atoms with Crippen LogP contribution in [-0.4, -0.2) is 11.7 Å². The average molecular weight is 238 g/mol. The van der Waals surface area contributed by atoms with Crippen LogP contribution in [0.1, 0.15) is 12.0 Å². The third kappa shape index (κ3) is 2.92. The minimum atomic E-state index is -1.32. The first-order valence-electron chi connectivity index (χ1n) is 4.65. The first-order valence-corrected chi connectivity index (χ1v) is 5.02. The molecule has 0 aliphatic heterocycles. The van der Waals surface area contributed by atoms with Crippen molar-refractivity contribution in [2.24, 2.45) is 5.41 Å². The maximum atomic E-state index is 12.3. The van der Waals surface area contributed by atoms with Gasteiger partial charge >= 0.3 is 0 Å². The summed E-state index contributed by atoms with van der Waals surface area (Å²) in [5.74, 6) is 0. The fourth-order valence-electron chi connectivity index (χ4n) is 1.33. The van der Waals surface area contributed by atoms with Crippen LogP contribution in [0.3, 0.4) is 0 Å². The van der Waals surface area contributed by atoms with Crippen LogP contribution in [0.2, 0.25) is 5.15 Å². The SMILES string of the molecule is N#CC(C#N)(CCF)Cc1ccc(Cl)nc1. The summed E-state index contributed by atoms with van der Waals surface area (Å²) < 4.78 is 12.3. The van der Waals surface area contributed by atoms with E-state index in [2.05, 4.69) is 4.98 Å². The second kappa shape index (κ2) is 5.44. The minimum absolute atomic E-state index is 0.0946. The molecule has 1 aromatic rings. The molecule has 0 amide bonds. The van der Waals surface area contributed by atoms with Crippen molar-refractivity contribution < 1.29 is 4.39 Å². The van der Waals surface area contributed by atoms with E-state index in [-0.39, 0.29) is 12.8 Å². The van der Waals surface area contributed by atoms with E-state index in [1.165, 1.54) is 6.20 Å². The molecule has 1 heterocycles. The zero-order valence-corrected chi connectivity index (χ0v) is 9.21. The van der Waals surface area contributed by atoms with Crippen molar-refractivity contribution in [3.63, 3.8) is 0 Å². The van der Waals surface area contributed by atoms with Crippen LogP contribution >= 0.6 is 11.6 Å². The molecule has 0 N–H and O–H groups in total. The average Bonchev–Trinajstić information content (AvgIpc) is 2.31. The van der Waals surface area contributed by atoms with Crippen LogP contribution in [0, 0.1) is 28.1 Å². The van der Waals surface area contributed by atoms with E-state index in [4.69, 9.17) is 22.1 Å². The summed E-state index contributed by atoms with van der Waals surface area (Å²) in [6, 6.07) is 6.99. The summed E-state index contributed by atoms with van der Waals surface area (Å²) in [7, 11) is 0. The van der Waals surface area contributed by atoms with E-state index in [0.29, 0.717) is 10.7 Å². The smallest absolute Gasteiger partial charge is 0.150 e. The second-order valence-corrected chi connectivity index (χ2v) is 3.80. The maximum absolute atomic E-state index is 12.3. The van der Waals surface area contributed by atoms with Crippen LogP contribution in [0.4, 0.5) is 4.39 Å². The van der Waals surface area contributed by atoms with E-state index in [1.807, 2.05) is 12.1 Å². The normalized spacial score (nSPS) is 10.5. The summed E-state index contributed by atoms with van der Waals surface area (Å²) >= 11 is 5.61. The molecule has 0 unspecified atom stereocenters. The molecular weight excluding hydrogens is 229 g/mol. The topological polar surface area (TPSA) is 60.5 Å². The van der Waals surface area contributed by atoms with Crippen molar-refractivity contribution in [3.05, 3.63) is 29.0 Å². The van der Waals surface area contributed by atoms with Crippen LogP contribution in [0.25, 0.3) is 0 Å². The number of hydrogen-bond acceptors (Lipinski definition) is 3. The molecule has 0 aromatic carbocycles. The lowest BCUT2D eigenvalue weighted by Crippen LogP contribution is -2.20. The molecular formula is C11H9ClFN3. The van der Waals surface area contributed by atoms with E-state index in [0.717, 1.165) is 0 Å². The van der Waals surface area contributed by atoms with Crippen LogP contribution in [0.5, 0.6) is 0 Å². The highest BCUT2D eigenvalue weighted by molar-refractivity contribution is 6.29. The summed E-state index contributed by atoms with van der Waals surface area (Å²) in [6.07, 6.45) is 1.56. The number of aromatic nitrogens is 1. The Morgan fingerprint density at radius 2 is 2.06 bits per heavy atom. The maximum Gasteiger partial charge on any atom is 0.150 e. The van der Waals surface area contributed by atoms with E-state index < -0.39 is 12.1 Å². The molecule has 0 bridgehead atoms. The summed E-state index contributed by atoms with van der Waals surface area (Å²) in [5.41, 5.74) is -0.620. The molecule has 0 atom stereocenters. The molecule has 0 fully saturated rings. The molecule has 0 saturated heterocycles. The van der Waals surface area contributed by atoms with Gasteiger partial charge in [0.15, 0.2) is 0 Å². The van der Waals surface area contributed by atoms with Crippen molar-refractivity contribution in [1.82, 2.24) is 4.98 Å². The number of rotatable bonds is 4. The molecule has 0 saturated carbocycles. The van der Waals surface area contributed by atoms with Gasteiger partial charge in [-0.05, 0) is 11.6 Å². The minimum Gasteiger partial charge on any atom is -0.251 e. The Labute approximate surface area is 98.1 Å². The number of nitrogens with zero attached hydrogens (tertiary/aromatic N) is 3. The molecule has 0 aliphatic rings. The Kier molecular flexibility index (Phi) is 4.22. The van der Waals surface area contributed by atoms with Crippen molar-refractivity contribution in [2.45, 2.75) is 12.8 Å². The molecule has 16 heavy (non-hydrogen) atoms. The third-order valence-corrected chi connectivity index (χ3v) is 2.47. The van der Waals surface area contributed by atoms with Gasteiger partial charge in [0.1, 0.15) is 10.6 Å². The number of hydrogen-bond donors (Lipinski definition) is 0. The van der Waals surface area contributed by atoms with E-state index >= 15 is 0 Å². The highest BCUT2D eigenvalue weighted by atomic mass is 35.5. The van der Waals surface area contributed by atoms with Gasteiger partial charge in [-0.3, -0.25) is 4.39 Å². The predicted octanol–water partition coefficient (Wildman–Crippen LogP) is 2.67. The first-order chi connectivity index (χ1) is 7.65. The monoisotopic (exact) mass is 237 g/mol. The zero-order valence-electron chi connectivity index (χ0n) is 8.45. The Bertz CT molecular complexity index is 416. The zero-order chi connectivity index (χ0) is 12.0. The molecule has 1 rings (SSSR count).